The Morgan fingerprint density at radius 1 is 0.968 bits per heavy atom. The predicted molar refractivity (Wildman–Crippen MR) is 112 cm³/mol. The van der Waals surface area contributed by atoms with E-state index in [9.17, 15) is 18.0 Å². The Bertz CT molecular complexity index is 1040. The second-order valence-corrected chi connectivity index (χ2v) is 6.44. The van der Waals surface area contributed by atoms with Crippen molar-refractivity contribution >= 4 is 28.9 Å². The number of benzene rings is 2. The second-order valence-electron chi connectivity index (χ2n) is 6.44. The Balaban J connectivity index is 1.62. The molecular weight excluding hydrogens is 411 g/mol. The van der Waals surface area contributed by atoms with E-state index < -0.39 is 18.0 Å². The number of halogens is 3. The minimum Gasteiger partial charge on any atom is -0.406 e. The molecule has 0 saturated heterocycles. The van der Waals surface area contributed by atoms with Gasteiger partial charge in [0.1, 0.15) is 23.2 Å². The maximum atomic E-state index is 12.3. The lowest BCUT2D eigenvalue weighted by molar-refractivity contribution is -0.274. The van der Waals surface area contributed by atoms with E-state index in [0.29, 0.717) is 23.1 Å². The molecule has 0 spiro atoms. The second kappa shape index (κ2) is 9.33. The lowest BCUT2D eigenvalue weighted by Gasteiger charge is -2.11. The van der Waals surface area contributed by atoms with Crippen LogP contribution in [0.4, 0.5) is 36.2 Å². The van der Waals surface area contributed by atoms with Crippen molar-refractivity contribution in [3.63, 3.8) is 0 Å². The van der Waals surface area contributed by atoms with Crippen LogP contribution in [-0.4, -0.2) is 28.8 Å². The highest BCUT2D eigenvalue weighted by Gasteiger charge is 2.31. The van der Waals surface area contributed by atoms with E-state index in [1.54, 1.807) is 37.3 Å². The topological polar surface area (TPSA) is 88.2 Å². The van der Waals surface area contributed by atoms with Gasteiger partial charge in [-0.1, -0.05) is 0 Å². The molecule has 2 aromatic carbocycles. The smallest absolute Gasteiger partial charge is 0.406 e. The first-order valence-corrected chi connectivity index (χ1v) is 9.35. The van der Waals surface area contributed by atoms with Crippen LogP contribution in [0.25, 0.3) is 0 Å². The van der Waals surface area contributed by atoms with Crippen molar-refractivity contribution in [2.45, 2.75) is 20.2 Å². The van der Waals surface area contributed by atoms with Crippen LogP contribution in [-0.2, 0) is 0 Å². The summed E-state index contributed by atoms with van der Waals surface area (Å²) >= 11 is 0. The van der Waals surface area contributed by atoms with Gasteiger partial charge in [-0.05, 0) is 62.4 Å². The van der Waals surface area contributed by atoms with E-state index in [1.807, 2.05) is 6.92 Å². The standard InChI is InChI=1S/C21H20F3N5O2/c1-3-25-18-12-19(27-13(2)26-18)28-15-6-8-16(9-7-15)29-20(30)14-4-10-17(11-5-14)31-21(22,23)24/h4-12H,3H2,1-2H3,(H,29,30)(H2,25,26,27,28). The van der Waals surface area contributed by atoms with Crippen LogP contribution < -0.4 is 20.7 Å². The summed E-state index contributed by atoms with van der Waals surface area (Å²) in [7, 11) is 0. The van der Waals surface area contributed by atoms with E-state index in [2.05, 4.69) is 30.7 Å². The number of carbonyl (C=O) groups is 1. The van der Waals surface area contributed by atoms with Gasteiger partial charge in [-0.15, -0.1) is 13.2 Å². The fraction of sp³-hybridized carbons (Fsp3) is 0.190. The number of aromatic nitrogens is 2. The van der Waals surface area contributed by atoms with Crippen molar-refractivity contribution < 1.29 is 22.7 Å². The molecule has 31 heavy (non-hydrogen) atoms. The van der Waals surface area contributed by atoms with Gasteiger partial charge in [0.25, 0.3) is 5.91 Å². The van der Waals surface area contributed by atoms with Crippen LogP contribution in [0, 0.1) is 6.92 Å². The summed E-state index contributed by atoms with van der Waals surface area (Å²) < 4.78 is 40.4. The number of carbonyl (C=O) groups excluding carboxylic acids is 1. The van der Waals surface area contributed by atoms with Gasteiger partial charge in [-0.3, -0.25) is 4.79 Å². The van der Waals surface area contributed by atoms with Crippen LogP contribution in [0.2, 0.25) is 0 Å². The van der Waals surface area contributed by atoms with Gasteiger partial charge in [0.2, 0.25) is 0 Å². The van der Waals surface area contributed by atoms with E-state index in [1.165, 1.54) is 12.1 Å². The highest BCUT2D eigenvalue weighted by atomic mass is 19.4. The number of nitrogens with one attached hydrogen (secondary N) is 3. The van der Waals surface area contributed by atoms with Crippen LogP contribution in [0.5, 0.6) is 5.75 Å². The minimum atomic E-state index is -4.78. The lowest BCUT2D eigenvalue weighted by Crippen LogP contribution is -2.17. The van der Waals surface area contributed by atoms with E-state index in [4.69, 9.17) is 0 Å². The zero-order valence-electron chi connectivity index (χ0n) is 16.7. The van der Waals surface area contributed by atoms with Gasteiger partial charge in [0.15, 0.2) is 0 Å². The molecule has 7 nitrogen and oxygen atoms in total. The monoisotopic (exact) mass is 431 g/mol. The Kier molecular flexibility index (Phi) is 6.58. The summed E-state index contributed by atoms with van der Waals surface area (Å²) in [6, 6.07) is 13.4. The van der Waals surface area contributed by atoms with Gasteiger partial charge >= 0.3 is 6.36 Å². The number of aryl methyl sites for hydroxylation is 1. The molecule has 10 heteroatoms. The molecule has 0 radical (unpaired) electrons. The summed E-state index contributed by atoms with van der Waals surface area (Å²) in [4.78, 5) is 20.9. The highest BCUT2D eigenvalue weighted by Crippen LogP contribution is 2.23. The summed E-state index contributed by atoms with van der Waals surface area (Å²) in [6.45, 7) is 4.51. The summed E-state index contributed by atoms with van der Waals surface area (Å²) in [5, 5.41) is 8.99. The molecule has 1 aromatic heterocycles. The number of rotatable bonds is 7. The first-order chi connectivity index (χ1) is 14.7. The summed E-state index contributed by atoms with van der Waals surface area (Å²) in [5.74, 6) is 1.11. The third-order valence-electron chi connectivity index (χ3n) is 3.96. The molecule has 0 aliphatic carbocycles. The molecule has 0 aliphatic heterocycles. The maximum Gasteiger partial charge on any atom is 0.573 e. The molecule has 3 N–H and O–H groups in total. The number of ether oxygens (including phenoxy) is 1. The molecule has 3 rings (SSSR count). The minimum absolute atomic E-state index is 0.198. The number of anilines is 4. The Labute approximate surface area is 176 Å². The highest BCUT2D eigenvalue weighted by molar-refractivity contribution is 6.04. The molecule has 0 bridgehead atoms. The number of hydrogen-bond acceptors (Lipinski definition) is 6. The Morgan fingerprint density at radius 3 is 2.19 bits per heavy atom. The van der Waals surface area contributed by atoms with E-state index in [0.717, 1.165) is 24.4 Å². The fourth-order valence-electron chi connectivity index (χ4n) is 2.70. The first-order valence-electron chi connectivity index (χ1n) is 9.35. The first kappa shape index (κ1) is 21.9. The van der Waals surface area contributed by atoms with E-state index >= 15 is 0 Å². The average Bonchev–Trinajstić information content (AvgIpc) is 2.68. The Morgan fingerprint density at radius 2 is 1.58 bits per heavy atom. The zero-order valence-corrected chi connectivity index (χ0v) is 16.7. The molecule has 3 aromatic rings. The van der Waals surface area contributed by atoms with Gasteiger partial charge in [0.05, 0.1) is 0 Å². The number of amides is 1. The van der Waals surface area contributed by atoms with Crippen LogP contribution in [0.1, 0.15) is 23.1 Å². The van der Waals surface area contributed by atoms with E-state index in [-0.39, 0.29) is 5.56 Å². The van der Waals surface area contributed by atoms with Crippen molar-refractivity contribution in [3.05, 3.63) is 66.0 Å². The zero-order chi connectivity index (χ0) is 22.4. The largest absolute Gasteiger partial charge is 0.573 e. The van der Waals surface area contributed by atoms with Gasteiger partial charge in [0, 0.05) is 29.5 Å². The van der Waals surface area contributed by atoms with Crippen molar-refractivity contribution in [2.75, 3.05) is 22.5 Å². The number of nitrogens with zero attached hydrogens (tertiary/aromatic N) is 2. The number of alkyl halides is 3. The molecule has 0 atom stereocenters. The lowest BCUT2D eigenvalue weighted by atomic mass is 10.2. The van der Waals surface area contributed by atoms with Crippen molar-refractivity contribution in [3.8, 4) is 5.75 Å². The Hall–Kier alpha value is -3.82. The molecule has 1 amide bonds. The van der Waals surface area contributed by atoms with Gasteiger partial charge < -0.3 is 20.7 Å². The summed E-state index contributed by atoms with van der Waals surface area (Å²) in [6.07, 6.45) is -4.78. The third kappa shape index (κ3) is 6.59. The quantitative estimate of drug-likeness (QED) is 0.482. The maximum absolute atomic E-state index is 12.3. The number of hydrogen-bond donors (Lipinski definition) is 3. The molecule has 1 heterocycles. The predicted octanol–water partition coefficient (Wildman–Crippen LogP) is 5.11. The third-order valence-corrected chi connectivity index (χ3v) is 3.96. The fourth-order valence-corrected chi connectivity index (χ4v) is 2.70. The SMILES string of the molecule is CCNc1cc(Nc2ccc(NC(=O)c3ccc(OC(F)(F)F)cc3)cc2)nc(C)n1. The molecule has 162 valence electrons. The molecule has 0 fully saturated rings. The molecular formula is C21H20F3N5O2. The normalized spacial score (nSPS) is 11.0. The molecule has 0 aliphatic rings. The average molecular weight is 431 g/mol. The van der Waals surface area contributed by atoms with Crippen LogP contribution >= 0.6 is 0 Å². The van der Waals surface area contributed by atoms with Crippen molar-refractivity contribution in [2.24, 2.45) is 0 Å². The van der Waals surface area contributed by atoms with Crippen LogP contribution in [0.3, 0.4) is 0 Å². The van der Waals surface area contributed by atoms with Crippen LogP contribution in [0.15, 0.2) is 54.6 Å². The van der Waals surface area contributed by atoms with Gasteiger partial charge in [-0.25, -0.2) is 9.97 Å². The molecule has 0 saturated carbocycles. The van der Waals surface area contributed by atoms with Crippen molar-refractivity contribution in [1.82, 2.24) is 9.97 Å². The van der Waals surface area contributed by atoms with Crippen molar-refractivity contribution in [1.29, 1.82) is 0 Å². The summed E-state index contributed by atoms with van der Waals surface area (Å²) in [5.41, 5.74) is 1.48. The van der Waals surface area contributed by atoms with Gasteiger partial charge in [-0.2, -0.15) is 0 Å². The molecule has 0 unspecified atom stereocenters.